The number of rotatable bonds is 5. The van der Waals surface area contributed by atoms with E-state index in [9.17, 15) is 0 Å². The highest BCUT2D eigenvalue weighted by molar-refractivity contribution is 5.07. The Hall–Kier alpha value is -0.560. The van der Waals surface area contributed by atoms with Crippen molar-refractivity contribution >= 4 is 0 Å². The van der Waals surface area contributed by atoms with E-state index in [0.29, 0.717) is 5.92 Å². The minimum atomic E-state index is 0.167. The second-order valence-electron chi connectivity index (χ2n) is 4.85. The third-order valence-electron chi connectivity index (χ3n) is 3.40. The Kier molecular flexibility index (Phi) is 5.14. The van der Waals surface area contributed by atoms with E-state index in [-0.39, 0.29) is 12.0 Å². The molecular formula is C13H24O. The van der Waals surface area contributed by atoms with Gasteiger partial charge in [0.1, 0.15) is 0 Å². The number of hydrogen-bond donors (Lipinski definition) is 1. The van der Waals surface area contributed by atoms with Gasteiger partial charge in [-0.05, 0) is 31.6 Å². The summed E-state index contributed by atoms with van der Waals surface area (Å²) in [6.07, 6.45) is 3.13. The average Bonchev–Trinajstić information content (AvgIpc) is 2.12. The number of hydrogen-bond acceptors (Lipinski definition) is 1. The van der Waals surface area contributed by atoms with Crippen LogP contribution in [0.2, 0.25) is 0 Å². The molecule has 0 radical (unpaired) electrons. The molecule has 1 heteroatoms. The standard InChI is InChI=1S/C13H24O/c1-10(2)13(5,6)12(4)8-7-11(3)9-14/h7,12,14H,1,8-9H2,2-6H3/b11-7+. The summed E-state index contributed by atoms with van der Waals surface area (Å²) < 4.78 is 0. The topological polar surface area (TPSA) is 20.2 Å². The molecule has 0 heterocycles. The summed E-state index contributed by atoms with van der Waals surface area (Å²) in [5, 5.41) is 8.87. The van der Waals surface area contributed by atoms with Gasteiger partial charge in [-0.2, -0.15) is 0 Å². The molecule has 0 amide bonds. The van der Waals surface area contributed by atoms with Crippen molar-refractivity contribution in [3.05, 3.63) is 23.8 Å². The van der Waals surface area contributed by atoms with Crippen LogP contribution < -0.4 is 0 Å². The largest absolute Gasteiger partial charge is 0.392 e. The summed E-state index contributed by atoms with van der Waals surface area (Å²) >= 11 is 0. The van der Waals surface area contributed by atoms with Crippen LogP contribution in [0, 0.1) is 11.3 Å². The second kappa shape index (κ2) is 5.35. The molecule has 0 aliphatic carbocycles. The smallest absolute Gasteiger partial charge is 0.0639 e. The van der Waals surface area contributed by atoms with Crippen LogP contribution >= 0.6 is 0 Å². The van der Waals surface area contributed by atoms with Crippen molar-refractivity contribution in [3.63, 3.8) is 0 Å². The third kappa shape index (κ3) is 3.67. The van der Waals surface area contributed by atoms with Gasteiger partial charge in [0.2, 0.25) is 0 Å². The lowest BCUT2D eigenvalue weighted by molar-refractivity contribution is 0.287. The van der Waals surface area contributed by atoms with Crippen LogP contribution in [0.5, 0.6) is 0 Å². The molecule has 0 saturated carbocycles. The Balaban J connectivity index is 4.35. The Labute approximate surface area is 88.5 Å². The molecule has 0 aromatic carbocycles. The van der Waals surface area contributed by atoms with Crippen LogP contribution in [0.15, 0.2) is 23.8 Å². The normalized spacial score (nSPS) is 15.4. The van der Waals surface area contributed by atoms with Crippen LogP contribution in [0.1, 0.15) is 41.0 Å². The Morgan fingerprint density at radius 2 is 1.93 bits per heavy atom. The molecule has 0 aromatic rings. The molecule has 1 atom stereocenters. The first-order valence-electron chi connectivity index (χ1n) is 5.24. The zero-order valence-corrected chi connectivity index (χ0v) is 10.2. The summed E-state index contributed by atoms with van der Waals surface area (Å²) in [5.41, 5.74) is 2.45. The monoisotopic (exact) mass is 196 g/mol. The molecule has 0 fully saturated rings. The quantitative estimate of drug-likeness (QED) is 0.667. The van der Waals surface area contributed by atoms with Gasteiger partial charge in [0.15, 0.2) is 0 Å². The van der Waals surface area contributed by atoms with Crippen molar-refractivity contribution in [1.29, 1.82) is 0 Å². The van der Waals surface area contributed by atoms with Gasteiger partial charge < -0.3 is 5.11 Å². The van der Waals surface area contributed by atoms with E-state index in [2.05, 4.69) is 40.3 Å². The lowest BCUT2D eigenvalue weighted by Gasteiger charge is -2.32. The average molecular weight is 196 g/mol. The van der Waals surface area contributed by atoms with E-state index < -0.39 is 0 Å². The van der Waals surface area contributed by atoms with Gasteiger partial charge in [0.25, 0.3) is 0 Å². The zero-order chi connectivity index (χ0) is 11.4. The molecule has 0 aliphatic rings. The van der Waals surface area contributed by atoms with Gasteiger partial charge in [-0.3, -0.25) is 0 Å². The third-order valence-corrected chi connectivity index (χ3v) is 3.40. The maximum atomic E-state index is 8.87. The predicted molar refractivity (Wildman–Crippen MR) is 63.2 cm³/mol. The van der Waals surface area contributed by atoms with Crippen LogP contribution in [0.3, 0.4) is 0 Å². The van der Waals surface area contributed by atoms with Crippen molar-refractivity contribution in [1.82, 2.24) is 0 Å². The maximum absolute atomic E-state index is 8.87. The van der Waals surface area contributed by atoms with Gasteiger partial charge in [0.05, 0.1) is 6.61 Å². The van der Waals surface area contributed by atoms with Crippen molar-refractivity contribution in [2.75, 3.05) is 6.61 Å². The SMILES string of the molecule is C=C(C)C(C)(C)C(C)C/C=C(\C)CO. The molecule has 1 N–H and O–H groups in total. The summed E-state index contributed by atoms with van der Waals surface area (Å²) in [4.78, 5) is 0. The first-order valence-corrected chi connectivity index (χ1v) is 5.24. The van der Waals surface area contributed by atoms with Crippen molar-refractivity contribution < 1.29 is 5.11 Å². The van der Waals surface area contributed by atoms with Crippen LogP contribution in [0.25, 0.3) is 0 Å². The maximum Gasteiger partial charge on any atom is 0.0639 e. The molecular weight excluding hydrogens is 172 g/mol. The van der Waals surface area contributed by atoms with E-state index in [1.807, 2.05) is 6.92 Å². The first-order chi connectivity index (χ1) is 6.32. The highest BCUT2D eigenvalue weighted by Crippen LogP contribution is 2.35. The van der Waals surface area contributed by atoms with Crippen molar-refractivity contribution in [3.8, 4) is 0 Å². The molecule has 1 nitrogen and oxygen atoms in total. The van der Waals surface area contributed by atoms with E-state index in [1.165, 1.54) is 5.57 Å². The Morgan fingerprint density at radius 1 is 1.43 bits per heavy atom. The molecule has 1 unspecified atom stereocenters. The lowest BCUT2D eigenvalue weighted by atomic mass is 9.73. The number of aliphatic hydroxyl groups is 1. The van der Waals surface area contributed by atoms with Crippen molar-refractivity contribution in [2.24, 2.45) is 11.3 Å². The second-order valence-corrected chi connectivity index (χ2v) is 4.85. The fourth-order valence-electron chi connectivity index (χ4n) is 1.16. The molecule has 0 aromatic heterocycles. The number of allylic oxidation sites excluding steroid dienone is 2. The van der Waals surface area contributed by atoms with Crippen LogP contribution in [0.4, 0.5) is 0 Å². The van der Waals surface area contributed by atoms with E-state index >= 15 is 0 Å². The fraction of sp³-hybridized carbons (Fsp3) is 0.692. The molecule has 0 aliphatic heterocycles. The first kappa shape index (κ1) is 13.4. The van der Waals surface area contributed by atoms with Gasteiger partial charge in [0, 0.05) is 0 Å². The Bertz CT molecular complexity index is 223. The molecule has 0 spiro atoms. The van der Waals surface area contributed by atoms with Crippen LogP contribution in [-0.4, -0.2) is 11.7 Å². The molecule has 0 bridgehead atoms. The predicted octanol–water partition coefficient (Wildman–Crippen LogP) is 3.55. The molecule has 14 heavy (non-hydrogen) atoms. The van der Waals surface area contributed by atoms with Gasteiger partial charge in [-0.1, -0.05) is 44.6 Å². The van der Waals surface area contributed by atoms with Gasteiger partial charge in [-0.15, -0.1) is 0 Å². The summed E-state index contributed by atoms with van der Waals surface area (Å²) in [7, 11) is 0. The highest BCUT2D eigenvalue weighted by atomic mass is 16.3. The van der Waals surface area contributed by atoms with E-state index in [0.717, 1.165) is 12.0 Å². The minimum absolute atomic E-state index is 0.167. The molecule has 0 saturated heterocycles. The minimum Gasteiger partial charge on any atom is -0.392 e. The van der Waals surface area contributed by atoms with E-state index in [1.54, 1.807) is 0 Å². The van der Waals surface area contributed by atoms with E-state index in [4.69, 9.17) is 5.11 Å². The summed E-state index contributed by atoms with van der Waals surface area (Å²) in [5.74, 6) is 0.557. The molecule has 82 valence electrons. The Morgan fingerprint density at radius 3 is 2.29 bits per heavy atom. The lowest BCUT2D eigenvalue weighted by Crippen LogP contribution is -2.22. The summed E-state index contributed by atoms with van der Waals surface area (Å²) in [6.45, 7) is 14.9. The van der Waals surface area contributed by atoms with Gasteiger partial charge in [-0.25, -0.2) is 0 Å². The highest BCUT2D eigenvalue weighted by Gasteiger charge is 2.25. The van der Waals surface area contributed by atoms with Crippen LogP contribution in [-0.2, 0) is 0 Å². The van der Waals surface area contributed by atoms with Crippen molar-refractivity contribution in [2.45, 2.75) is 41.0 Å². The number of aliphatic hydroxyl groups excluding tert-OH is 1. The zero-order valence-electron chi connectivity index (χ0n) is 10.2. The fourth-order valence-corrected chi connectivity index (χ4v) is 1.16. The van der Waals surface area contributed by atoms with Gasteiger partial charge >= 0.3 is 0 Å². The summed E-state index contributed by atoms with van der Waals surface area (Å²) in [6, 6.07) is 0. The molecule has 0 rings (SSSR count).